The second-order valence-electron chi connectivity index (χ2n) is 5.32. The molecule has 1 aromatic rings. The molecule has 2 rings (SSSR count). The average Bonchev–Trinajstić information content (AvgIpc) is 2.43. The van der Waals surface area contributed by atoms with Crippen molar-refractivity contribution in [3.8, 4) is 5.75 Å². The minimum Gasteiger partial charge on any atom is -0.508 e. The topological polar surface area (TPSA) is 70.0 Å². The van der Waals surface area contributed by atoms with Crippen LogP contribution in [0.2, 0.25) is 0 Å². The molecule has 0 aliphatic carbocycles. The molecule has 2 N–H and O–H groups in total. The van der Waals surface area contributed by atoms with E-state index in [4.69, 9.17) is 4.74 Å². The fourth-order valence-corrected chi connectivity index (χ4v) is 2.36. The number of aliphatic hydroxyl groups excluding tert-OH is 1. The van der Waals surface area contributed by atoms with Gasteiger partial charge in [0.2, 0.25) is 0 Å². The number of ether oxygens (including phenoxy) is 1. The number of ketones is 1. The van der Waals surface area contributed by atoms with Crippen molar-refractivity contribution in [1.29, 1.82) is 0 Å². The van der Waals surface area contributed by atoms with Crippen molar-refractivity contribution >= 4 is 5.78 Å². The average molecular weight is 279 g/mol. The highest BCUT2D eigenvalue weighted by Crippen LogP contribution is 2.23. The highest BCUT2D eigenvalue weighted by atomic mass is 16.5. The van der Waals surface area contributed by atoms with Crippen molar-refractivity contribution in [2.24, 2.45) is 0 Å². The number of phenols is 1. The van der Waals surface area contributed by atoms with Crippen molar-refractivity contribution in [2.75, 3.05) is 19.8 Å². The lowest BCUT2D eigenvalue weighted by atomic mass is 10.1. The Morgan fingerprint density at radius 3 is 2.90 bits per heavy atom. The summed E-state index contributed by atoms with van der Waals surface area (Å²) in [5.74, 6) is 0.170. The Morgan fingerprint density at radius 2 is 2.25 bits per heavy atom. The minimum absolute atomic E-state index is 0.0112. The van der Waals surface area contributed by atoms with Crippen molar-refractivity contribution in [3.05, 3.63) is 29.3 Å². The predicted octanol–water partition coefficient (Wildman–Crippen LogP) is 1.18. The van der Waals surface area contributed by atoms with E-state index >= 15 is 0 Å². The summed E-state index contributed by atoms with van der Waals surface area (Å²) in [4.78, 5) is 13.6. The fraction of sp³-hybridized carbons (Fsp3) is 0.533. The number of carbonyl (C=O) groups excluding carboxylic acids is 1. The Balaban J connectivity index is 2.15. The molecule has 0 spiro atoms. The standard InChI is InChI=1S/C15H21NO4/c1-10-9-20-14(8-17)7-16(10)6-13-5-12(11(2)18)3-4-15(13)19/h3-5,10,14,17,19H,6-9H2,1-2H3. The van der Waals surface area contributed by atoms with E-state index in [9.17, 15) is 15.0 Å². The summed E-state index contributed by atoms with van der Waals surface area (Å²) in [6, 6.07) is 5.12. The molecule has 20 heavy (non-hydrogen) atoms. The number of aromatic hydroxyl groups is 1. The van der Waals surface area contributed by atoms with Gasteiger partial charge in [-0.25, -0.2) is 0 Å². The van der Waals surface area contributed by atoms with E-state index in [-0.39, 0.29) is 30.3 Å². The number of Topliss-reactive ketones (excluding diaryl/α,β-unsaturated/α-hetero) is 1. The molecule has 5 nitrogen and oxygen atoms in total. The highest BCUT2D eigenvalue weighted by molar-refractivity contribution is 5.94. The van der Waals surface area contributed by atoms with Crippen molar-refractivity contribution < 1.29 is 19.7 Å². The van der Waals surface area contributed by atoms with Gasteiger partial charge >= 0.3 is 0 Å². The largest absolute Gasteiger partial charge is 0.508 e. The van der Waals surface area contributed by atoms with Gasteiger partial charge in [0.15, 0.2) is 5.78 Å². The van der Waals surface area contributed by atoms with E-state index in [2.05, 4.69) is 4.90 Å². The molecule has 1 heterocycles. The first kappa shape index (κ1) is 15.0. The first-order valence-electron chi connectivity index (χ1n) is 6.80. The number of hydrogen-bond acceptors (Lipinski definition) is 5. The van der Waals surface area contributed by atoms with Gasteiger partial charge in [0.05, 0.1) is 19.3 Å². The molecule has 1 aromatic carbocycles. The Hall–Kier alpha value is -1.43. The SMILES string of the molecule is CC(=O)c1ccc(O)c(CN2CC(CO)OCC2C)c1. The lowest BCUT2D eigenvalue weighted by Gasteiger charge is -2.37. The maximum atomic E-state index is 11.4. The molecule has 110 valence electrons. The Labute approximate surface area is 118 Å². The van der Waals surface area contributed by atoms with Gasteiger partial charge in [-0.05, 0) is 32.0 Å². The summed E-state index contributed by atoms with van der Waals surface area (Å²) in [6.45, 7) is 5.24. The van der Waals surface area contributed by atoms with Crippen LogP contribution in [0.15, 0.2) is 18.2 Å². The number of carbonyl (C=O) groups is 1. The van der Waals surface area contributed by atoms with Crippen LogP contribution in [-0.4, -0.2) is 52.8 Å². The summed E-state index contributed by atoms with van der Waals surface area (Å²) in [7, 11) is 0. The van der Waals surface area contributed by atoms with Gasteiger partial charge in [-0.3, -0.25) is 9.69 Å². The maximum Gasteiger partial charge on any atom is 0.159 e. The van der Waals surface area contributed by atoms with E-state index in [1.165, 1.54) is 6.92 Å². The molecule has 0 amide bonds. The molecule has 1 saturated heterocycles. The minimum atomic E-state index is -0.190. The molecule has 2 unspecified atom stereocenters. The smallest absolute Gasteiger partial charge is 0.159 e. The van der Waals surface area contributed by atoms with Gasteiger partial charge < -0.3 is 14.9 Å². The van der Waals surface area contributed by atoms with Gasteiger partial charge in [-0.1, -0.05) is 0 Å². The zero-order chi connectivity index (χ0) is 14.7. The van der Waals surface area contributed by atoms with Crippen LogP contribution in [-0.2, 0) is 11.3 Å². The van der Waals surface area contributed by atoms with Crippen LogP contribution in [0, 0.1) is 0 Å². The molecule has 0 bridgehead atoms. The van der Waals surface area contributed by atoms with Gasteiger partial charge in [0, 0.05) is 30.3 Å². The summed E-state index contributed by atoms with van der Waals surface area (Å²) < 4.78 is 5.49. The van der Waals surface area contributed by atoms with Gasteiger partial charge in [-0.2, -0.15) is 0 Å². The van der Waals surface area contributed by atoms with Crippen molar-refractivity contribution in [1.82, 2.24) is 4.90 Å². The molecule has 5 heteroatoms. The lowest BCUT2D eigenvalue weighted by molar-refractivity contribution is -0.0806. The van der Waals surface area contributed by atoms with Gasteiger partial charge in [0.25, 0.3) is 0 Å². The molecule has 0 aromatic heterocycles. The molecule has 1 fully saturated rings. The van der Waals surface area contributed by atoms with Crippen LogP contribution in [0.25, 0.3) is 0 Å². The van der Waals surface area contributed by atoms with Crippen LogP contribution >= 0.6 is 0 Å². The molecule has 0 radical (unpaired) electrons. The Bertz CT molecular complexity index is 489. The Kier molecular flexibility index (Phi) is 4.75. The summed E-state index contributed by atoms with van der Waals surface area (Å²) in [5.41, 5.74) is 1.32. The number of benzene rings is 1. The summed E-state index contributed by atoms with van der Waals surface area (Å²) in [5, 5.41) is 19.1. The zero-order valence-corrected chi connectivity index (χ0v) is 11.9. The fourth-order valence-electron chi connectivity index (χ4n) is 2.36. The molecule has 1 aliphatic rings. The monoisotopic (exact) mass is 279 g/mol. The van der Waals surface area contributed by atoms with Crippen molar-refractivity contribution in [3.63, 3.8) is 0 Å². The maximum absolute atomic E-state index is 11.4. The van der Waals surface area contributed by atoms with Gasteiger partial charge in [0.1, 0.15) is 5.75 Å². The normalized spacial score (nSPS) is 23.8. The van der Waals surface area contributed by atoms with E-state index < -0.39 is 0 Å². The number of morpholine rings is 1. The second-order valence-corrected chi connectivity index (χ2v) is 5.32. The number of hydrogen-bond donors (Lipinski definition) is 2. The quantitative estimate of drug-likeness (QED) is 0.810. The van der Waals surface area contributed by atoms with Crippen LogP contribution < -0.4 is 0 Å². The molecular formula is C15H21NO4. The Morgan fingerprint density at radius 1 is 1.50 bits per heavy atom. The third kappa shape index (κ3) is 3.36. The van der Waals surface area contributed by atoms with E-state index in [1.807, 2.05) is 6.92 Å². The molecule has 1 aliphatic heterocycles. The summed E-state index contributed by atoms with van der Waals surface area (Å²) in [6.07, 6.45) is -0.190. The first-order valence-corrected chi connectivity index (χ1v) is 6.80. The number of rotatable bonds is 4. The number of aliphatic hydroxyl groups is 1. The summed E-state index contributed by atoms with van der Waals surface area (Å²) >= 11 is 0. The van der Waals surface area contributed by atoms with Crippen molar-refractivity contribution in [2.45, 2.75) is 32.5 Å². The third-order valence-electron chi connectivity index (χ3n) is 3.70. The van der Waals surface area contributed by atoms with E-state index in [0.717, 1.165) is 5.56 Å². The number of phenolic OH excluding ortho intramolecular Hbond substituents is 1. The van der Waals surface area contributed by atoms with Crippen LogP contribution in [0.5, 0.6) is 5.75 Å². The van der Waals surface area contributed by atoms with Crippen LogP contribution in [0.3, 0.4) is 0 Å². The number of nitrogens with zero attached hydrogens (tertiary/aromatic N) is 1. The predicted molar refractivity (Wildman–Crippen MR) is 74.8 cm³/mol. The van der Waals surface area contributed by atoms with E-state index in [1.54, 1.807) is 18.2 Å². The first-order chi connectivity index (χ1) is 9.51. The van der Waals surface area contributed by atoms with Gasteiger partial charge in [-0.15, -0.1) is 0 Å². The lowest BCUT2D eigenvalue weighted by Crippen LogP contribution is -2.48. The zero-order valence-electron chi connectivity index (χ0n) is 11.9. The van der Waals surface area contributed by atoms with Crippen LogP contribution in [0.4, 0.5) is 0 Å². The van der Waals surface area contributed by atoms with Crippen LogP contribution in [0.1, 0.15) is 29.8 Å². The second kappa shape index (κ2) is 6.35. The third-order valence-corrected chi connectivity index (χ3v) is 3.70. The molecular weight excluding hydrogens is 258 g/mol. The molecule has 2 atom stereocenters. The highest BCUT2D eigenvalue weighted by Gasteiger charge is 2.26. The molecule has 0 saturated carbocycles. The van der Waals surface area contributed by atoms with E-state index in [0.29, 0.717) is 25.3 Å².